The Hall–Kier alpha value is -4.67. The van der Waals surface area contributed by atoms with E-state index in [1.807, 2.05) is 0 Å². The summed E-state index contributed by atoms with van der Waals surface area (Å²) in [5, 5.41) is 0. The van der Waals surface area contributed by atoms with Crippen molar-refractivity contribution in [2.24, 2.45) is 0 Å². The van der Waals surface area contributed by atoms with Crippen LogP contribution in [0.2, 0.25) is 0 Å². The van der Waals surface area contributed by atoms with Crippen molar-refractivity contribution in [3.8, 4) is 16.9 Å². The fraction of sp³-hybridized carbons (Fsp3) is 0.148. The van der Waals surface area contributed by atoms with E-state index in [-0.39, 0.29) is 23.5 Å². The van der Waals surface area contributed by atoms with Crippen molar-refractivity contribution in [1.82, 2.24) is 19.3 Å². The van der Waals surface area contributed by atoms with Gasteiger partial charge in [-0.15, -0.1) is 0 Å². The van der Waals surface area contributed by atoms with Gasteiger partial charge in [0.05, 0.1) is 40.7 Å². The number of amides is 1. The highest BCUT2D eigenvalue weighted by Crippen LogP contribution is 2.40. The van der Waals surface area contributed by atoms with Gasteiger partial charge in [0, 0.05) is 18.7 Å². The number of hydrogen-bond acceptors (Lipinski definition) is 5. The molecular weight excluding hydrogens is 502 g/mol. The number of benzene rings is 3. The summed E-state index contributed by atoms with van der Waals surface area (Å²) in [4.78, 5) is 23.1. The molecule has 0 bridgehead atoms. The quantitative estimate of drug-likeness (QED) is 0.317. The number of nitrogens with two attached hydrogens (primary N) is 1. The molecule has 5 aromatic rings. The molecule has 0 radical (unpaired) electrons. The Morgan fingerprint density at radius 2 is 1.82 bits per heavy atom. The first kappa shape index (κ1) is 23.7. The van der Waals surface area contributed by atoms with Crippen LogP contribution in [0.15, 0.2) is 67.1 Å². The van der Waals surface area contributed by atoms with Crippen molar-refractivity contribution in [3.63, 3.8) is 0 Å². The molecule has 1 amide bonds. The third kappa shape index (κ3) is 3.78. The van der Waals surface area contributed by atoms with Crippen LogP contribution in [-0.2, 0) is 6.18 Å². The molecule has 0 spiro atoms. The molecule has 0 saturated heterocycles. The van der Waals surface area contributed by atoms with E-state index >= 15 is 4.39 Å². The number of hydrogen-bond donors (Lipinski definition) is 1. The van der Waals surface area contributed by atoms with Gasteiger partial charge in [-0.1, -0.05) is 24.3 Å². The topological polar surface area (TPSA) is 85.8 Å². The van der Waals surface area contributed by atoms with E-state index in [0.29, 0.717) is 33.5 Å². The summed E-state index contributed by atoms with van der Waals surface area (Å²) in [5.41, 5.74) is 8.35. The fourth-order valence-corrected chi connectivity index (χ4v) is 4.74. The average molecular weight is 521 g/mol. The lowest BCUT2D eigenvalue weighted by Gasteiger charge is -2.24. The molecule has 0 aliphatic carbocycles. The predicted octanol–water partition coefficient (Wildman–Crippen LogP) is 5.50. The maximum absolute atomic E-state index is 15.1. The highest BCUT2D eigenvalue weighted by atomic mass is 19.4. The van der Waals surface area contributed by atoms with Gasteiger partial charge in [0.1, 0.15) is 29.5 Å². The number of nitrogen functional groups attached to an aromatic ring is 1. The average Bonchev–Trinajstić information content (AvgIpc) is 3.55. The Labute approximate surface area is 213 Å². The summed E-state index contributed by atoms with van der Waals surface area (Å²) in [5.74, 6) is -0.591. The molecule has 11 heteroatoms. The zero-order chi connectivity index (χ0) is 26.8. The normalized spacial score (nSPS) is 15.0. The van der Waals surface area contributed by atoms with E-state index in [1.165, 1.54) is 41.7 Å². The van der Waals surface area contributed by atoms with Gasteiger partial charge >= 0.3 is 6.18 Å². The van der Waals surface area contributed by atoms with Gasteiger partial charge in [-0.2, -0.15) is 13.2 Å². The van der Waals surface area contributed by atoms with Gasteiger partial charge in [-0.3, -0.25) is 9.20 Å². The van der Waals surface area contributed by atoms with E-state index in [2.05, 4.69) is 9.97 Å². The predicted molar refractivity (Wildman–Crippen MR) is 132 cm³/mol. The molecule has 3 aromatic carbocycles. The van der Waals surface area contributed by atoms with Crippen LogP contribution in [0, 0.1) is 5.82 Å². The summed E-state index contributed by atoms with van der Waals surface area (Å²) in [6, 6.07) is 12.2. The number of ether oxygens (including phenoxy) is 1. The van der Waals surface area contributed by atoms with E-state index in [4.69, 9.17) is 10.5 Å². The molecule has 38 heavy (non-hydrogen) atoms. The second-order valence-corrected chi connectivity index (χ2v) is 9.04. The van der Waals surface area contributed by atoms with Crippen LogP contribution in [0.1, 0.15) is 27.5 Å². The lowest BCUT2D eigenvalue weighted by atomic mass is 9.99. The SMILES string of the molecule is CN(C(=O)c1cc2c(cc1F)nc(N)c1cncn12)[C@@H]1COc2cc(-c3ccc(C(F)(F)F)cc3)ccc21. The van der Waals surface area contributed by atoms with Crippen LogP contribution < -0.4 is 10.5 Å². The van der Waals surface area contributed by atoms with E-state index in [9.17, 15) is 18.0 Å². The number of nitrogens with zero attached hydrogens (tertiary/aromatic N) is 4. The Balaban J connectivity index is 1.30. The first-order valence-corrected chi connectivity index (χ1v) is 11.5. The number of alkyl halides is 3. The summed E-state index contributed by atoms with van der Waals surface area (Å²) in [6.45, 7) is 0.146. The molecule has 1 aliphatic heterocycles. The highest BCUT2D eigenvalue weighted by Gasteiger charge is 2.33. The Bertz CT molecular complexity index is 1730. The maximum Gasteiger partial charge on any atom is 0.416 e. The lowest BCUT2D eigenvalue weighted by molar-refractivity contribution is -0.137. The molecule has 1 atom stereocenters. The number of halogens is 4. The van der Waals surface area contributed by atoms with Crippen molar-refractivity contribution in [3.05, 3.63) is 89.6 Å². The van der Waals surface area contributed by atoms with E-state index < -0.39 is 29.5 Å². The molecule has 0 fully saturated rings. The Morgan fingerprint density at radius 1 is 1.08 bits per heavy atom. The van der Waals surface area contributed by atoms with Crippen molar-refractivity contribution in [2.45, 2.75) is 12.2 Å². The van der Waals surface area contributed by atoms with Crippen molar-refractivity contribution >= 4 is 28.3 Å². The minimum atomic E-state index is -4.41. The fourth-order valence-electron chi connectivity index (χ4n) is 4.74. The Kier molecular flexibility index (Phi) is 5.26. The smallest absolute Gasteiger partial charge is 0.416 e. The number of fused-ring (bicyclic) bond motifs is 4. The summed E-state index contributed by atoms with van der Waals surface area (Å²) in [6.07, 6.45) is -1.37. The molecule has 192 valence electrons. The van der Waals surface area contributed by atoms with E-state index in [1.54, 1.807) is 29.6 Å². The molecule has 7 nitrogen and oxygen atoms in total. The van der Waals surface area contributed by atoms with E-state index in [0.717, 1.165) is 12.1 Å². The number of rotatable bonds is 3. The second kappa shape index (κ2) is 8.44. The zero-order valence-corrected chi connectivity index (χ0v) is 19.8. The maximum atomic E-state index is 15.1. The van der Waals surface area contributed by atoms with Crippen LogP contribution >= 0.6 is 0 Å². The van der Waals surface area contributed by atoms with Crippen molar-refractivity contribution in [1.29, 1.82) is 0 Å². The largest absolute Gasteiger partial charge is 0.491 e. The number of aromatic nitrogens is 3. The molecule has 0 saturated carbocycles. The van der Waals surface area contributed by atoms with Gasteiger partial charge in [-0.05, 0) is 35.4 Å². The zero-order valence-electron chi connectivity index (χ0n) is 19.8. The molecule has 0 unspecified atom stereocenters. The third-order valence-electron chi connectivity index (χ3n) is 6.80. The van der Waals surface area contributed by atoms with Gasteiger partial charge < -0.3 is 15.4 Å². The summed E-state index contributed by atoms with van der Waals surface area (Å²) < 4.78 is 61.2. The monoisotopic (exact) mass is 521 g/mol. The van der Waals surface area contributed by atoms with Gasteiger partial charge in [0.15, 0.2) is 0 Å². The van der Waals surface area contributed by atoms with Crippen LogP contribution in [0.25, 0.3) is 27.7 Å². The standard InChI is InChI=1S/C27H19F4N5O2/c1-35(26(37)18-9-21-20(10-19(18)28)34-25(32)22-11-33-13-36(21)22)23-12-38-24-8-15(4-7-17(23)24)14-2-5-16(6-3-14)27(29,30)31/h2-11,13,23H,12H2,1H3,(H2,32,34)/t23-/m1/s1. The lowest BCUT2D eigenvalue weighted by Crippen LogP contribution is -2.32. The number of anilines is 1. The third-order valence-corrected chi connectivity index (χ3v) is 6.80. The summed E-state index contributed by atoms with van der Waals surface area (Å²) in [7, 11) is 1.56. The molecule has 6 rings (SSSR count). The number of carbonyl (C=O) groups excluding carboxylic acids is 1. The van der Waals surface area contributed by atoms with Gasteiger partial charge in [0.2, 0.25) is 0 Å². The number of carbonyl (C=O) groups is 1. The molecular formula is C27H19F4N5O2. The van der Waals surface area contributed by atoms with Crippen LogP contribution in [0.4, 0.5) is 23.4 Å². The molecule has 2 N–H and O–H groups in total. The van der Waals surface area contributed by atoms with Crippen molar-refractivity contribution < 1.29 is 27.1 Å². The molecule has 2 aromatic heterocycles. The van der Waals surface area contributed by atoms with Crippen LogP contribution in [0.5, 0.6) is 5.75 Å². The molecule has 1 aliphatic rings. The minimum absolute atomic E-state index is 0.142. The first-order valence-electron chi connectivity index (χ1n) is 11.5. The minimum Gasteiger partial charge on any atom is -0.491 e. The Morgan fingerprint density at radius 3 is 2.55 bits per heavy atom. The highest BCUT2D eigenvalue weighted by molar-refractivity contribution is 5.98. The number of likely N-dealkylation sites (N-methyl/N-ethyl adjacent to an activating group) is 1. The van der Waals surface area contributed by atoms with Gasteiger partial charge in [0.25, 0.3) is 5.91 Å². The number of imidazole rings is 1. The van der Waals surface area contributed by atoms with Crippen molar-refractivity contribution in [2.75, 3.05) is 19.4 Å². The van der Waals surface area contributed by atoms with Gasteiger partial charge in [-0.25, -0.2) is 14.4 Å². The molecule has 3 heterocycles. The second-order valence-electron chi connectivity index (χ2n) is 9.04. The van der Waals surface area contributed by atoms with Crippen LogP contribution in [-0.4, -0.2) is 38.8 Å². The first-order chi connectivity index (χ1) is 18.1. The van der Waals surface area contributed by atoms with Crippen LogP contribution in [0.3, 0.4) is 0 Å². The summed E-state index contributed by atoms with van der Waals surface area (Å²) >= 11 is 0.